The predicted octanol–water partition coefficient (Wildman–Crippen LogP) is 8.14. The number of hydrogen-bond donors (Lipinski definition) is 1. The Bertz CT molecular complexity index is 1540. The number of rotatable bonds is 4. The second-order valence-corrected chi connectivity index (χ2v) is 9.11. The summed E-state index contributed by atoms with van der Waals surface area (Å²) in [5.74, 6) is 0. The van der Waals surface area contributed by atoms with Gasteiger partial charge in [0.1, 0.15) is 0 Å². The van der Waals surface area contributed by atoms with Gasteiger partial charge in [-0.15, -0.1) is 0 Å². The first kappa shape index (κ1) is 19.0. The second kappa shape index (κ2) is 7.77. The van der Waals surface area contributed by atoms with Gasteiger partial charge in [0, 0.05) is 39.5 Å². The van der Waals surface area contributed by atoms with Crippen molar-refractivity contribution in [1.82, 2.24) is 9.55 Å². The standard InChI is InChI=1S/C29H22N2S/c1-31-27-15-14-22(23-13-12-20-16-17-30-26(20)19-23)18-25(27)29(32-24-10-6-3-7-11-24)28(31)21-8-4-2-5-9-21/h2-19,30H,1H3. The summed E-state index contributed by atoms with van der Waals surface area (Å²) in [6.45, 7) is 0. The van der Waals surface area contributed by atoms with Crippen LogP contribution in [-0.4, -0.2) is 9.55 Å². The number of aromatic nitrogens is 2. The molecule has 6 aromatic rings. The largest absolute Gasteiger partial charge is 0.361 e. The molecule has 0 amide bonds. The summed E-state index contributed by atoms with van der Waals surface area (Å²) < 4.78 is 2.33. The van der Waals surface area contributed by atoms with Crippen LogP contribution in [0.25, 0.3) is 44.2 Å². The Labute approximate surface area is 191 Å². The molecule has 3 heteroatoms. The van der Waals surface area contributed by atoms with Crippen molar-refractivity contribution in [2.75, 3.05) is 0 Å². The Morgan fingerprint density at radius 1 is 0.688 bits per heavy atom. The molecule has 2 nitrogen and oxygen atoms in total. The lowest BCUT2D eigenvalue weighted by Crippen LogP contribution is -1.92. The molecule has 0 fully saturated rings. The topological polar surface area (TPSA) is 20.7 Å². The van der Waals surface area contributed by atoms with E-state index < -0.39 is 0 Å². The summed E-state index contributed by atoms with van der Waals surface area (Å²) in [5.41, 5.74) is 7.36. The Morgan fingerprint density at radius 2 is 1.41 bits per heavy atom. The van der Waals surface area contributed by atoms with Crippen molar-refractivity contribution < 1.29 is 0 Å². The Balaban J connectivity index is 1.58. The van der Waals surface area contributed by atoms with Crippen molar-refractivity contribution in [3.63, 3.8) is 0 Å². The zero-order valence-corrected chi connectivity index (χ0v) is 18.6. The highest BCUT2D eigenvalue weighted by Crippen LogP contribution is 2.44. The third-order valence-electron chi connectivity index (χ3n) is 6.05. The lowest BCUT2D eigenvalue weighted by molar-refractivity contribution is 0.968. The molecule has 0 saturated heterocycles. The quantitative estimate of drug-likeness (QED) is 0.299. The number of nitrogens with zero attached hydrogens (tertiary/aromatic N) is 1. The number of H-pyrrole nitrogens is 1. The smallest absolute Gasteiger partial charge is 0.0630 e. The van der Waals surface area contributed by atoms with Crippen LogP contribution in [-0.2, 0) is 7.05 Å². The van der Waals surface area contributed by atoms with Crippen molar-refractivity contribution in [3.05, 3.63) is 109 Å². The molecular weight excluding hydrogens is 408 g/mol. The number of nitrogens with one attached hydrogen (secondary N) is 1. The number of hydrogen-bond acceptors (Lipinski definition) is 1. The average molecular weight is 431 g/mol. The molecule has 32 heavy (non-hydrogen) atoms. The van der Waals surface area contributed by atoms with Gasteiger partial charge in [0.15, 0.2) is 0 Å². The second-order valence-electron chi connectivity index (χ2n) is 8.03. The van der Waals surface area contributed by atoms with Gasteiger partial charge in [0.2, 0.25) is 0 Å². The normalized spacial score (nSPS) is 11.4. The Morgan fingerprint density at radius 3 is 2.22 bits per heavy atom. The molecule has 0 spiro atoms. The van der Waals surface area contributed by atoms with E-state index in [1.165, 1.54) is 54.0 Å². The average Bonchev–Trinajstić information content (AvgIpc) is 3.42. The number of benzene rings is 4. The predicted molar refractivity (Wildman–Crippen MR) is 136 cm³/mol. The summed E-state index contributed by atoms with van der Waals surface area (Å²) in [4.78, 5) is 5.88. The van der Waals surface area contributed by atoms with Crippen LogP contribution in [0.5, 0.6) is 0 Å². The van der Waals surface area contributed by atoms with Crippen LogP contribution >= 0.6 is 11.8 Å². The third kappa shape index (κ3) is 3.22. The molecule has 0 aliphatic rings. The van der Waals surface area contributed by atoms with Gasteiger partial charge in [0.25, 0.3) is 0 Å². The fourth-order valence-electron chi connectivity index (χ4n) is 4.45. The van der Waals surface area contributed by atoms with Crippen LogP contribution < -0.4 is 0 Å². The minimum atomic E-state index is 1.17. The first-order valence-corrected chi connectivity index (χ1v) is 11.6. The van der Waals surface area contributed by atoms with E-state index in [2.05, 4.69) is 120 Å². The van der Waals surface area contributed by atoms with E-state index in [0.29, 0.717) is 0 Å². The van der Waals surface area contributed by atoms with Gasteiger partial charge < -0.3 is 9.55 Å². The minimum absolute atomic E-state index is 1.17. The fourth-order valence-corrected chi connectivity index (χ4v) is 5.60. The summed E-state index contributed by atoms with van der Waals surface area (Å²) in [6.07, 6.45) is 2.00. The monoisotopic (exact) mass is 430 g/mol. The number of fused-ring (bicyclic) bond motifs is 2. The van der Waals surface area contributed by atoms with Gasteiger partial charge >= 0.3 is 0 Å². The summed E-state index contributed by atoms with van der Waals surface area (Å²) in [6, 6.07) is 36.9. The lowest BCUT2D eigenvalue weighted by Gasteiger charge is -2.08. The van der Waals surface area contributed by atoms with E-state index in [0.717, 1.165) is 0 Å². The van der Waals surface area contributed by atoms with Crippen LogP contribution in [0.15, 0.2) is 119 Å². The highest BCUT2D eigenvalue weighted by atomic mass is 32.2. The van der Waals surface area contributed by atoms with Crippen LogP contribution in [0.3, 0.4) is 0 Å². The van der Waals surface area contributed by atoms with Gasteiger partial charge in [-0.05, 0) is 58.5 Å². The molecule has 4 aromatic carbocycles. The first-order valence-electron chi connectivity index (χ1n) is 10.8. The fraction of sp³-hybridized carbons (Fsp3) is 0.0345. The Hall–Kier alpha value is -3.69. The zero-order valence-electron chi connectivity index (χ0n) is 17.7. The van der Waals surface area contributed by atoms with Gasteiger partial charge in [-0.2, -0.15) is 0 Å². The third-order valence-corrected chi connectivity index (χ3v) is 7.18. The molecule has 0 radical (unpaired) electrons. The molecule has 6 rings (SSSR count). The van der Waals surface area contributed by atoms with Gasteiger partial charge in [-0.25, -0.2) is 0 Å². The number of aromatic amines is 1. The van der Waals surface area contributed by atoms with Crippen LogP contribution in [0.4, 0.5) is 0 Å². The molecule has 0 aliphatic heterocycles. The molecule has 0 saturated carbocycles. The van der Waals surface area contributed by atoms with E-state index in [9.17, 15) is 0 Å². The highest BCUT2D eigenvalue weighted by molar-refractivity contribution is 7.99. The molecular formula is C29H22N2S. The van der Waals surface area contributed by atoms with Crippen molar-refractivity contribution in [3.8, 4) is 22.4 Å². The van der Waals surface area contributed by atoms with E-state index in [4.69, 9.17) is 0 Å². The molecule has 0 aliphatic carbocycles. The van der Waals surface area contributed by atoms with Gasteiger partial charge in [-0.3, -0.25) is 0 Å². The molecule has 1 N–H and O–H groups in total. The molecule has 0 bridgehead atoms. The first-order chi connectivity index (χ1) is 15.8. The van der Waals surface area contributed by atoms with E-state index in [1.54, 1.807) is 0 Å². The van der Waals surface area contributed by atoms with E-state index >= 15 is 0 Å². The zero-order chi connectivity index (χ0) is 21.5. The van der Waals surface area contributed by atoms with Gasteiger partial charge in [-0.1, -0.05) is 78.5 Å². The van der Waals surface area contributed by atoms with Crippen molar-refractivity contribution in [2.45, 2.75) is 9.79 Å². The van der Waals surface area contributed by atoms with Gasteiger partial charge in [0.05, 0.1) is 5.69 Å². The molecule has 2 heterocycles. The molecule has 2 aromatic heterocycles. The maximum absolute atomic E-state index is 3.34. The van der Waals surface area contributed by atoms with Crippen molar-refractivity contribution in [1.29, 1.82) is 0 Å². The Kier molecular flexibility index (Phi) is 4.62. The summed E-state index contributed by atoms with van der Waals surface area (Å²) >= 11 is 1.84. The SMILES string of the molecule is Cn1c(-c2ccccc2)c(Sc2ccccc2)c2cc(-c3ccc4cc[nH]c4c3)ccc21. The highest BCUT2D eigenvalue weighted by Gasteiger charge is 2.18. The maximum Gasteiger partial charge on any atom is 0.0630 e. The molecule has 0 atom stereocenters. The van der Waals surface area contributed by atoms with E-state index in [-0.39, 0.29) is 0 Å². The van der Waals surface area contributed by atoms with Crippen LogP contribution in [0.2, 0.25) is 0 Å². The summed E-state index contributed by atoms with van der Waals surface area (Å²) in [7, 11) is 2.17. The summed E-state index contributed by atoms with van der Waals surface area (Å²) in [5, 5.41) is 2.52. The minimum Gasteiger partial charge on any atom is -0.361 e. The van der Waals surface area contributed by atoms with Crippen LogP contribution in [0.1, 0.15) is 0 Å². The molecule has 154 valence electrons. The maximum atomic E-state index is 3.34. The molecule has 0 unspecified atom stereocenters. The lowest BCUT2D eigenvalue weighted by atomic mass is 10.0. The number of aryl methyl sites for hydroxylation is 1. The van der Waals surface area contributed by atoms with Crippen LogP contribution in [0, 0.1) is 0 Å². The van der Waals surface area contributed by atoms with E-state index in [1.807, 2.05) is 18.0 Å². The van der Waals surface area contributed by atoms with Crippen molar-refractivity contribution >= 4 is 33.6 Å². The van der Waals surface area contributed by atoms with Crippen molar-refractivity contribution in [2.24, 2.45) is 7.05 Å².